The van der Waals surface area contributed by atoms with Gasteiger partial charge in [-0.25, -0.2) is 4.98 Å². The number of anilines is 1. The number of aromatic nitrogens is 1. The number of carbonyl (C=O) groups excluding carboxylic acids is 1. The molecule has 0 aliphatic heterocycles. The molecule has 0 spiro atoms. The number of nitrogens with two attached hydrogens (primary N) is 1. The molecule has 0 saturated carbocycles. The summed E-state index contributed by atoms with van der Waals surface area (Å²) in [5.41, 5.74) is 7.12. The molecule has 6 heteroatoms. The SMILES string of the molecule is COCC(N)C(=O)Nc1cccc(-c2cnco2)c1. The molecule has 1 unspecified atom stereocenters. The maximum Gasteiger partial charge on any atom is 0.243 e. The molecule has 6 nitrogen and oxygen atoms in total. The zero-order valence-corrected chi connectivity index (χ0v) is 10.5. The van der Waals surface area contributed by atoms with Gasteiger partial charge in [0.25, 0.3) is 0 Å². The molecule has 100 valence electrons. The van der Waals surface area contributed by atoms with Crippen LogP contribution in [-0.4, -0.2) is 30.6 Å². The third-order valence-electron chi connectivity index (χ3n) is 2.53. The van der Waals surface area contributed by atoms with Crippen molar-refractivity contribution in [1.29, 1.82) is 0 Å². The number of nitrogens with one attached hydrogen (secondary N) is 1. The Morgan fingerprint density at radius 3 is 3.11 bits per heavy atom. The number of ether oxygens (including phenoxy) is 1. The van der Waals surface area contributed by atoms with Crippen LogP contribution in [0.1, 0.15) is 0 Å². The van der Waals surface area contributed by atoms with Crippen molar-refractivity contribution in [3.8, 4) is 11.3 Å². The number of methoxy groups -OCH3 is 1. The summed E-state index contributed by atoms with van der Waals surface area (Å²) in [5.74, 6) is 0.342. The van der Waals surface area contributed by atoms with Crippen molar-refractivity contribution >= 4 is 11.6 Å². The topological polar surface area (TPSA) is 90.4 Å². The molecule has 2 rings (SSSR count). The van der Waals surface area contributed by atoms with Gasteiger partial charge >= 0.3 is 0 Å². The van der Waals surface area contributed by atoms with Crippen LogP contribution in [0, 0.1) is 0 Å². The quantitative estimate of drug-likeness (QED) is 0.845. The fraction of sp³-hybridized carbons (Fsp3) is 0.231. The molecule has 1 heterocycles. The van der Waals surface area contributed by atoms with Crippen LogP contribution in [-0.2, 0) is 9.53 Å². The van der Waals surface area contributed by atoms with Gasteiger partial charge in [-0.2, -0.15) is 0 Å². The van der Waals surface area contributed by atoms with Crippen LogP contribution < -0.4 is 11.1 Å². The second-order valence-electron chi connectivity index (χ2n) is 4.00. The highest BCUT2D eigenvalue weighted by Crippen LogP contribution is 2.21. The lowest BCUT2D eigenvalue weighted by Crippen LogP contribution is -2.39. The van der Waals surface area contributed by atoms with Gasteiger partial charge in [0, 0.05) is 18.4 Å². The molecule has 1 aromatic carbocycles. The molecular formula is C13H15N3O3. The largest absolute Gasteiger partial charge is 0.444 e. The molecular weight excluding hydrogens is 246 g/mol. The maximum atomic E-state index is 11.7. The molecule has 1 atom stereocenters. The summed E-state index contributed by atoms with van der Waals surface area (Å²) in [6.45, 7) is 0.174. The van der Waals surface area contributed by atoms with Crippen LogP contribution in [0.15, 0.2) is 41.3 Å². The van der Waals surface area contributed by atoms with Crippen LogP contribution >= 0.6 is 0 Å². The summed E-state index contributed by atoms with van der Waals surface area (Å²) >= 11 is 0. The molecule has 0 radical (unpaired) electrons. The molecule has 19 heavy (non-hydrogen) atoms. The third-order valence-corrected chi connectivity index (χ3v) is 2.53. The average Bonchev–Trinajstić information content (AvgIpc) is 2.93. The Kier molecular flexibility index (Phi) is 4.27. The van der Waals surface area contributed by atoms with Crippen LogP contribution in [0.2, 0.25) is 0 Å². The standard InChI is InChI=1S/C13H15N3O3/c1-18-7-11(14)13(17)16-10-4-2-3-9(5-10)12-6-15-8-19-12/h2-6,8,11H,7,14H2,1H3,(H,16,17). The molecule has 1 amide bonds. The first-order valence-corrected chi connectivity index (χ1v) is 5.75. The van der Waals surface area contributed by atoms with Crippen molar-refractivity contribution in [2.75, 3.05) is 19.0 Å². The minimum Gasteiger partial charge on any atom is -0.444 e. The van der Waals surface area contributed by atoms with Crippen LogP contribution in [0.25, 0.3) is 11.3 Å². The first kappa shape index (κ1) is 13.3. The van der Waals surface area contributed by atoms with Gasteiger partial charge < -0.3 is 20.2 Å². The van der Waals surface area contributed by atoms with Crippen molar-refractivity contribution in [2.24, 2.45) is 5.73 Å². The first-order valence-electron chi connectivity index (χ1n) is 5.75. The minimum atomic E-state index is -0.695. The van der Waals surface area contributed by atoms with Crippen LogP contribution in [0.5, 0.6) is 0 Å². The zero-order valence-electron chi connectivity index (χ0n) is 10.5. The van der Waals surface area contributed by atoms with E-state index in [1.54, 1.807) is 18.3 Å². The van der Waals surface area contributed by atoms with E-state index >= 15 is 0 Å². The summed E-state index contributed by atoms with van der Waals surface area (Å²) in [7, 11) is 1.50. The van der Waals surface area contributed by atoms with Crippen LogP contribution in [0.3, 0.4) is 0 Å². The summed E-state index contributed by atoms with van der Waals surface area (Å²) in [5, 5.41) is 2.72. The Labute approximate surface area is 110 Å². The van der Waals surface area contributed by atoms with Crippen molar-refractivity contribution in [2.45, 2.75) is 6.04 Å². The predicted molar refractivity (Wildman–Crippen MR) is 70.4 cm³/mol. The average molecular weight is 261 g/mol. The van der Waals surface area contributed by atoms with Gasteiger partial charge in [-0.1, -0.05) is 12.1 Å². The zero-order chi connectivity index (χ0) is 13.7. The third kappa shape index (κ3) is 3.40. The highest BCUT2D eigenvalue weighted by atomic mass is 16.5. The number of carbonyl (C=O) groups is 1. The van der Waals surface area contributed by atoms with E-state index in [-0.39, 0.29) is 12.5 Å². The number of nitrogens with zero attached hydrogens (tertiary/aromatic N) is 1. The summed E-state index contributed by atoms with van der Waals surface area (Å²) < 4.78 is 10.0. The summed E-state index contributed by atoms with van der Waals surface area (Å²) in [6.07, 6.45) is 2.96. The van der Waals surface area contributed by atoms with Crippen molar-refractivity contribution < 1.29 is 13.9 Å². The Morgan fingerprint density at radius 2 is 2.42 bits per heavy atom. The molecule has 1 aromatic heterocycles. The smallest absolute Gasteiger partial charge is 0.243 e. The second kappa shape index (κ2) is 6.12. The lowest BCUT2D eigenvalue weighted by Gasteiger charge is -2.11. The minimum absolute atomic E-state index is 0.174. The number of hydrogen-bond acceptors (Lipinski definition) is 5. The van der Waals surface area contributed by atoms with Gasteiger partial charge in [0.2, 0.25) is 5.91 Å². The van der Waals surface area contributed by atoms with Gasteiger partial charge in [-0.15, -0.1) is 0 Å². The molecule has 3 N–H and O–H groups in total. The normalized spacial score (nSPS) is 12.1. The molecule has 0 saturated heterocycles. The van der Waals surface area contributed by atoms with Gasteiger partial charge in [0.15, 0.2) is 12.2 Å². The lowest BCUT2D eigenvalue weighted by atomic mass is 10.1. The summed E-state index contributed by atoms with van der Waals surface area (Å²) in [6, 6.07) is 6.55. The van der Waals surface area contributed by atoms with E-state index < -0.39 is 6.04 Å². The van der Waals surface area contributed by atoms with Crippen molar-refractivity contribution in [3.05, 3.63) is 36.9 Å². The Bertz CT molecular complexity index is 540. The van der Waals surface area contributed by atoms with Crippen molar-refractivity contribution in [3.63, 3.8) is 0 Å². The van der Waals surface area contributed by atoms with Gasteiger partial charge in [-0.3, -0.25) is 4.79 Å². The van der Waals surface area contributed by atoms with E-state index in [1.807, 2.05) is 12.1 Å². The number of benzene rings is 1. The fourth-order valence-corrected chi connectivity index (χ4v) is 1.60. The maximum absolute atomic E-state index is 11.7. The molecule has 0 bridgehead atoms. The first-order chi connectivity index (χ1) is 9.20. The number of amides is 1. The fourth-order valence-electron chi connectivity index (χ4n) is 1.60. The Balaban J connectivity index is 2.09. The van der Waals surface area contributed by atoms with E-state index in [4.69, 9.17) is 14.9 Å². The van der Waals surface area contributed by atoms with E-state index in [0.717, 1.165) is 5.56 Å². The lowest BCUT2D eigenvalue weighted by molar-refractivity contribution is -0.118. The van der Waals surface area contributed by atoms with E-state index in [1.165, 1.54) is 13.5 Å². The van der Waals surface area contributed by atoms with E-state index in [2.05, 4.69) is 10.3 Å². The van der Waals surface area contributed by atoms with Gasteiger partial charge in [0.05, 0.1) is 12.8 Å². The molecule has 0 fully saturated rings. The molecule has 2 aromatic rings. The molecule has 0 aliphatic carbocycles. The Morgan fingerprint density at radius 1 is 1.58 bits per heavy atom. The highest BCUT2D eigenvalue weighted by Gasteiger charge is 2.13. The number of hydrogen-bond donors (Lipinski definition) is 2. The predicted octanol–water partition coefficient (Wildman–Crippen LogP) is 1.25. The monoisotopic (exact) mass is 261 g/mol. The number of oxazole rings is 1. The summed E-state index contributed by atoms with van der Waals surface area (Å²) in [4.78, 5) is 15.6. The highest BCUT2D eigenvalue weighted by molar-refractivity contribution is 5.95. The van der Waals surface area contributed by atoms with Gasteiger partial charge in [-0.05, 0) is 12.1 Å². The van der Waals surface area contributed by atoms with Crippen molar-refractivity contribution in [1.82, 2.24) is 4.98 Å². The molecule has 0 aliphatic rings. The van der Waals surface area contributed by atoms with E-state index in [0.29, 0.717) is 11.4 Å². The second-order valence-corrected chi connectivity index (χ2v) is 4.00. The number of rotatable bonds is 5. The van der Waals surface area contributed by atoms with Gasteiger partial charge in [0.1, 0.15) is 6.04 Å². The van der Waals surface area contributed by atoms with E-state index in [9.17, 15) is 4.79 Å². The Hall–Kier alpha value is -2.18. The van der Waals surface area contributed by atoms with Crippen LogP contribution in [0.4, 0.5) is 5.69 Å².